The molecule has 7 nitrogen and oxygen atoms in total. The lowest BCUT2D eigenvalue weighted by Crippen LogP contribution is -2.26. The van der Waals surface area contributed by atoms with Crippen molar-refractivity contribution in [1.29, 1.82) is 5.26 Å². The maximum atomic E-state index is 13.1. The topological polar surface area (TPSA) is 104 Å². The molecule has 0 saturated heterocycles. The van der Waals surface area contributed by atoms with Gasteiger partial charge in [-0.2, -0.15) is 5.26 Å². The first kappa shape index (κ1) is 20.8. The molecule has 7 heteroatoms. The Kier molecular flexibility index (Phi) is 6.28. The standard InChI is InChI=1S/C23H22N2O5/c1-4-29-23(26)20-19(16-12-15(27-2)10-11-18(16)28-3)17(13-24)22(25)30-21(20)14-8-6-5-7-9-14/h5-12,19H,4,25H2,1-3H3. The van der Waals surface area contributed by atoms with Gasteiger partial charge in [0.25, 0.3) is 0 Å². The zero-order chi connectivity index (χ0) is 21.7. The summed E-state index contributed by atoms with van der Waals surface area (Å²) in [5.41, 5.74) is 7.54. The molecule has 1 aliphatic heterocycles. The minimum absolute atomic E-state index is 0.0840. The first-order valence-electron chi connectivity index (χ1n) is 9.31. The van der Waals surface area contributed by atoms with E-state index in [2.05, 4.69) is 6.07 Å². The summed E-state index contributed by atoms with van der Waals surface area (Å²) in [6, 6.07) is 16.3. The van der Waals surface area contributed by atoms with Crippen LogP contribution in [0, 0.1) is 11.3 Å². The van der Waals surface area contributed by atoms with Crippen LogP contribution in [0.2, 0.25) is 0 Å². The van der Waals surface area contributed by atoms with Crippen molar-refractivity contribution in [3.63, 3.8) is 0 Å². The number of nitrogens with two attached hydrogens (primary N) is 1. The van der Waals surface area contributed by atoms with E-state index >= 15 is 0 Å². The molecule has 0 radical (unpaired) electrons. The van der Waals surface area contributed by atoms with E-state index in [1.54, 1.807) is 37.3 Å². The highest BCUT2D eigenvalue weighted by atomic mass is 16.5. The Labute approximate surface area is 174 Å². The first-order valence-corrected chi connectivity index (χ1v) is 9.31. The van der Waals surface area contributed by atoms with Crippen LogP contribution in [-0.4, -0.2) is 26.8 Å². The number of carbonyl (C=O) groups excluding carboxylic acids is 1. The molecule has 2 N–H and O–H groups in total. The number of hydrogen-bond donors (Lipinski definition) is 1. The van der Waals surface area contributed by atoms with E-state index in [0.717, 1.165) is 0 Å². The number of hydrogen-bond acceptors (Lipinski definition) is 7. The molecule has 0 saturated carbocycles. The number of carbonyl (C=O) groups is 1. The second-order valence-electron chi connectivity index (χ2n) is 6.36. The Balaban J connectivity index is 2.35. The van der Waals surface area contributed by atoms with Gasteiger partial charge in [-0.3, -0.25) is 0 Å². The van der Waals surface area contributed by atoms with Crippen LogP contribution in [0.5, 0.6) is 11.5 Å². The summed E-state index contributed by atoms with van der Waals surface area (Å²) in [7, 11) is 3.04. The smallest absolute Gasteiger partial charge is 0.338 e. The third-order valence-electron chi connectivity index (χ3n) is 4.70. The predicted octanol–water partition coefficient (Wildman–Crippen LogP) is 3.49. The van der Waals surface area contributed by atoms with Crippen LogP contribution in [0.4, 0.5) is 0 Å². The molecule has 3 rings (SSSR count). The fourth-order valence-electron chi connectivity index (χ4n) is 3.36. The molecule has 0 aliphatic carbocycles. The summed E-state index contributed by atoms with van der Waals surface area (Å²) < 4.78 is 22.0. The van der Waals surface area contributed by atoms with E-state index in [0.29, 0.717) is 22.6 Å². The van der Waals surface area contributed by atoms with Gasteiger partial charge < -0.3 is 24.7 Å². The second kappa shape index (κ2) is 9.05. The molecule has 0 spiro atoms. The molecule has 1 heterocycles. The van der Waals surface area contributed by atoms with Crippen LogP contribution in [0.25, 0.3) is 5.76 Å². The van der Waals surface area contributed by atoms with Gasteiger partial charge in [-0.15, -0.1) is 0 Å². The normalized spacial score (nSPS) is 15.9. The summed E-state index contributed by atoms with van der Waals surface area (Å²) in [5, 5.41) is 9.85. The van der Waals surface area contributed by atoms with Crippen molar-refractivity contribution in [3.05, 3.63) is 76.7 Å². The molecular weight excluding hydrogens is 384 g/mol. The molecule has 1 unspecified atom stereocenters. The predicted molar refractivity (Wildman–Crippen MR) is 110 cm³/mol. The largest absolute Gasteiger partial charge is 0.497 e. The molecule has 0 bridgehead atoms. The Morgan fingerprint density at radius 2 is 1.90 bits per heavy atom. The van der Waals surface area contributed by atoms with Crippen LogP contribution in [-0.2, 0) is 14.3 Å². The highest BCUT2D eigenvalue weighted by Crippen LogP contribution is 2.46. The number of nitrogens with zero attached hydrogens (tertiary/aromatic N) is 1. The lowest BCUT2D eigenvalue weighted by Gasteiger charge is -2.29. The third-order valence-corrected chi connectivity index (χ3v) is 4.70. The van der Waals surface area contributed by atoms with Crippen molar-refractivity contribution >= 4 is 11.7 Å². The van der Waals surface area contributed by atoms with Gasteiger partial charge in [0, 0.05) is 11.1 Å². The maximum Gasteiger partial charge on any atom is 0.338 e. The average molecular weight is 406 g/mol. The van der Waals surface area contributed by atoms with Crippen molar-refractivity contribution in [2.24, 2.45) is 5.73 Å². The molecule has 0 aromatic heterocycles. The number of nitriles is 1. The molecule has 0 fully saturated rings. The molecular formula is C23H22N2O5. The SMILES string of the molecule is CCOC(=O)C1=C(c2ccccc2)OC(N)=C(C#N)C1c1cc(OC)ccc1OC. The van der Waals surface area contributed by atoms with Gasteiger partial charge in [0.1, 0.15) is 28.9 Å². The third kappa shape index (κ3) is 3.80. The van der Waals surface area contributed by atoms with Gasteiger partial charge in [-0.05, 0) is 25.1 Å². The fraction of sp³-hybridized carbons (Fsp3) is 0.217. The van der Waals surface area contributed by atoms with E-state index in [1.807, 2.05) is 18.2 Å². The molecule has 1 atom stereocenters. The summed E-state index contributed by atoms with van der Waals surface area (Å²) in [6.45, 7) is 1.87. The number of ether oxygens (including phenoxy) is 4. The average Bonchev–Trinajstić information content (AvgIpc) is 2.78. The molecule has 2 aromatic carbocycles. The molecule has 0 amide bonds. The monoisotopic (exact) mass is 406 g/mol. The van der Waals surface area contributed by atoms with Crippen LogP contribution in [0.1, 0.15) is 24.0 Å². The van der Waals surface area contributed by atoms with Crippen LogP contribution in [0.3, 0.4) is 0 Å². The van der Waals surface area contributed by atoms with Crippen molar-refractivity contribution in [3.8, 4) is 17.6 Å². The van der Waals surface area contributed by atoms with E-state index < -0.39 is 11.9 Å². The first-order chi connectivity index (χ1) is 14.5. The molecule has 30 heavy (non-hydrogen) atoms. The number of methoxy groups -OCH3 is 2. The van der Waals surface area contributed by atoms with Crippen molar-refractivity contribution < 1.29 is 23.7 Å². The van der Waals surface area contributed by atoms with Crippen molar-refractivity contribution in [2.45, 2.75) is 12.8 Å². The highest BCUT2D eigenvalue weighted by Gasteiger charge is 2.39. The van der Waals surface area contributed by atoms with Crippen LogP contribution < -0.4 is 15.2 Å². The Morgan fingerprint density at radius 1 is 1.17 bits per heavy atom. The molecule has 154 valence electrons. The van der Waals surface area contributed by atoms with Gasteiger partial charge in [0.05, 0.1) is 32.3 Å². The van der Waals surface area contributed by atoms with Crippen molar-refractivity contribution in [1.82, 2.24) is 0 Å². The van der Waals surface area contributed by atoms with Crippen LogP contribution in [0.15, 0.2) is 65.6 Å². The van der Waals surface area contributed by atoms with Gasteiger partial charge in [0.15, 0.2) is 0 Å². The zero-order valence-electron chi connectivity index (χ0n) is 17.0. The van der Waals surface area contributed by atoms with E-state index in [4.69, 9.17) is 24.7 Å². The number of allylic oxidation sites excluding steroid dienone is 1. The highest BCUT2D eigenvalue weighted by molar-refractivity contribution is 6.00. The van der Waals surface area contributed by atoms with E-state index in [-0.39, 0.29) is 29.4 Å². The van der Waals surface area contributed by atoms with Gasteiger partial charge in [-0.1, -0.05) is 30.3 Å². The molecule has 1 aliphatic rings. The minimum Gasteiger partial charge on any atom is -0.497 e. The zero-order valence-corrected chi connectivity index (χ0v) is 17.0. The Hall–Kier alpha value is -3.92. The van der Waals surface area contributed by atoms with Gasteiger partial charge in [-0.25, -0.2) is 4.79 Å². The summed E-state index contributed by atoms with van der Waals surface area (Å²) in [4.78, 5) is 13.1. The van der Waals surface area contributed by atoms with Gasteiger partial charge in [0.2, 0.25) is 5.88 Å². The summed E-state index contributed by atoms with van der Waals surface area (Å²) in [6.07, 6.45) is 0. The van der Waals surface area contributed by atoms with E-state index in [9.17, 15) is 10.1 Å². The quantitative estimate of drug-likeness (QED) is 0.732. The summed E-state index contributed by atoms with van der Waals surface area (Å²) >= 11 is 0. The van der Waals surface area contributed by atoms with Gasteiger partial charge >= 0.3 is 5.97 Å². The maximum absolute atomic E-state index is 13.1. The Bertz CT molecular complexity index is 1050. The Morgan fingerprint density at radius 3 is 2.50 bits per heavy atom. The lowest BCUT2D eigenvalue weighted by atomic mass is 9.81. The minimum atomic E-state index is -0.858. The fourth-order valence-corrected chi connectivity index (χ4v) is 3.36. The lowest BCUT2D eigenvalue weighted by molar-refractivity contribution is -0.138. The number of esters is 1. The number of rotatable bonds is 6. The second-order valence-corrected chi connectivity index (χ2v) is 6.36. The van der Waals surface area contributed by atoms with Crippen molar-refractivity contribution in [2.75, 3.05) is 20.8 Å². The molecule has 2 aromatic rings. The van der Waals surface area contributed by atoms with E-state index in [1.165, 1.54) is 14.2 Å². The summed E-state index contributed by atoms with van der Waals surface area (Å²) in [5.74, 6) is -0.302. The number of benzene rings is 2. The van der Waals surface area contributed by atoms with Crippen LogP contribution >= 0.6 is 0 Å².